The first-order valence-electron chi connectivity index (χ1n) is 6.68. The third-order valence-electron chi connectivity index (χ3n) is 2.91. The highest BCUT2D eigenvalue weighted by Crippen LogP contribution is 2.23. The molecule has 0 saturated heterocycles. The normalized spacial score (nSPS) is 12.8. The average molecular weight is 282 g/mol. The molecule has 4 heteroatoms. The molecule has 4 nitrogen and oxygen atoms in total. The van der Waals surface area contributed by atoms with Gasteiger partial charge in [-0.15, -0.1) is 0 Å². The van der Waals surface area contributed by atoms with Crippen molar-refractivity contribution in [1.29, 1.82) is 0 Å². The lowest BCUT2D eigenvalue weighted by atomic mass is 10.3. The molecule has 0 bridgehead atoms. The van der Waals surface area contributed by atoms with Crippen LogP contribution in [0.1, 0.15) is 6.92 Å². The molecule has 0 fully saturated rings. The number of carboxylic acids is 1. The van der Waals surface area contributed by atoms with E-state index in [1.807, 2.05) is 12.1 Å². The van der Waals surface area contributed by atoms with Crippen LogP contribution in [0.15, 0.2) is 73.1 Å². The lowest BCUT2D eigenvalue weighted by molar-refractivity contribution is -0.134. The zero-order valence-corrected chi connectivity index (χ0v) is 11.9. The highest BCUT2D eigenvalue weighted by Gasteiger charge is 2.14. The third-order valence-corrected chi connectivity index (χ3v) is 2.91. The van der Waals surface area contributed by atoms with Crippen LogP contribution >= 0.6 is 0 Å². The first-order chi connectivity index (χ1) is 10.2. The van der Waals surface area contributed by atoms with Gasteiger partial charge in [0.25, 0.3) is 5.97 Å². The molecular weight excluding hydrogens is 264 g/mol. The van der Waals surface area contributed by atoms with Crippen LogP contribution in [-0.4, -0.2) is 17.7 Å². The fourth-order valence-corrected chi connectivity index (χ4v) is 1.99. The fraction of sp³-hybridized carbons (Fsp3) is 0.118. The smallest absolute Gasteiger partial charge is 0.300 e. The Kier molecular flexibility index (Phi) is 4.99. The third kappa shape index (κ3) is 4.38. The summed E-state index contributed by atoms with van der Waals surface area (Å²) in [4.78, 5) is 13.5. The molecule has 0 unspecified atom stereocenters. The fourth-order valence-electron chi connectivity index (χ4n) is 1.99. The van der Waals surface area contributed by atoms with Crippen molar-refractivity contribution in [3.05, 3.63) is 73.1 Å². The molecule has 1 aliphatic heterocycles. The predicted molar refractivity (Wildman–Crippen MR) is 85.2 cm³/mol. The molecule has 0 saturated carbocycles. The molecule has 0 aromatic heterocycles. The molecular formula is C17H18N2O2. The number of carboxylic acid groups (broad SMARTS) is 1. The number of anilines is 2. The number of hydrogen-bond donors (Lipinski definition) is 1. The molecule has 108 valence electrons. The van der Waals surface area contributed by atoms with Crippen molar-refractivity contribution in [3.63, 3.8) is 0 Å². The Morgan fingerprint density at radius 3 is 1.52 bits per heavy atom. The predicted octanol–water partition coefficient (Wildman–Crippen LogP) is 3.53. The number of benzene rings is 2. The van der Waals surface area contributed by atoms with Crippen molar-refractivity contribution in [3.8, 4) is 0 Å². The lowest BCUT2D eigenvalue weighted by Gasteiger charge is -2.21. The molecule has 2 aromatic rings. The van der Waals surface area contributed by atoms with Crippen LogP contribution in [0.2, 0.25) is 0 Å². The molecule has 1 heterocycles. The van der Waals surface area contributed by atoms with Gasteiger partial charge >= 0.3 is 0 Å². The van der Waals surface area contributed by atoms with Crippen LogP contribution in [-0.2, 0) is 4.79 Å². The highest BCUT2D eigenvalue weighted by molar-refractivity contribution is 5.63. The van der Waals surface area contributed by atoms with Crippen LogP contribution in [0.25, 0.3) is 0 Å². The lowest BCUT2D eigenvalue weighted by Crippen LogP contribution is -2.24. The number of nitrogens with zero attached hydrogens (tertiary/aromatic N) is 2. The van der Waals surface area contributed by atoms with E-state index in [1.54, 1.807) is 0 Å². The summed E-state index contributed by atoms with van der Waals surface area (Å²) in [6.07, 6.45) is 4.23. The van der Waals surface area contributed by atoms with Gasteiger partial charge in [-0.1, -0.05) is 36.4 Å². The Morgan fingerprint density at radius 1 is 0.857 bits per heavy atom. The van der Waals surface area contributed by atoms with E-state index in [1.165, 1.54) is 11.4 Å². The Bertz CT molecular complexity index is 545. The maximum atomic E-state index is 9.00. The van der Waals surface area contributed by atoms with Crippen molar-refractivity contribution in [2.75, 3.05) is 16.5 Å². The first kappa shape index (κ1) is 14.7. The number of rotatable bonds is 2. The molecule has 0 aliphatic carbocycles. The van der Waals surface area contributed by atoms with E-state index in [9.17, 15) is 0 Å². The van der Waals surface area contributed by atoms with Crippen LogP contribution in [0.5, 0.6) is 0 Å². The van der Waals surface area contributed by atoms with Crippen molar-refractivity contribution >= 4 is 17.3 Å². The average Bonchev–Trinajstić information content (AvgIpc) is 2.98. The van der Waals surface area contributed by atoms with Gasteiger partial charge in [-0.05, 0) is 24.3 Å². The standard InChI is InChI=1S/C15H14N2.C2H4O2/c1-3-7-14(8-4-1)16-11-12-17(13-16)15-9-5-2-6-10-15;1-2(3)4/h1-12H,13H2;1H3,(H,3,4). The first-order valence-corrected chi connectivity index (χ1v) is 6.68. The van der Waals surface area contributed by atoms with E-state index in [0.717, 1.165) is 13.6 Å². The van der Waals surface area contributed by atoms with Crippen molar-refractivity contribution in [2.24, 2.45) is 0 Å². The Labute approximate surface area is 124 Å². The van der Waals surface area contributed by atoms with Gasteiger partial charge in [0, 0.05) is 30.7 Å². The van der Waals surface area contributed by atoms with Gasteiger partial charge in [0.1, 0.15) is 0 Å². The molecule has 0 atom stereocenters. The topological polar surface area (TPSA) is 43.8 Å². The summed E-state index contributed by atoms with van der Waals surface area (Å²) in [6, 6.07) is 20.8. The van der Waals surface area contributed by atoms with Gasteiger partial charge in [-0.3, -0.25) is 4.79 Å². The van der Waals surface area contributed by atoms with Gasteiger partial charge in [0.05, 0.1) is 6.67 Å². The number of aliphatic carboxylic acids is 1. The molecule has 21 heavy (non-hydrogen) atoms. The number of carbonyl (C=O) groups is 1. The summed E-state index contributed by atoms with van der Waals surface area (Å²) in [7, 11) is 0. The summed E-state index contributed by atoms with van der Waals surface area (Å²) in [5.74, 6) is -0.833. The van der Waals surface area contributed by atoms with Crippen LogP contribution in [0.4, 0.5) is 11.4 Å². The molecule has 0 amide bonds. The molecule has 2 aromatic carbocycles. The summed E-state index contributed by atoms with van der Waals surface area (Å²) in [5, 5.41) is 7.42. The number of hydrogen-bond acceptors (Lipinski definition) is 3. The van der Waals surface area contributed by atoms with E-state index in [2.05, 4.69) is 70.7 Å². The van der Waals surface area contributed by atoms with E-state index >= 15 is 0 Å². The van der Waals surface area contributed by atoms with Crippen LogP contribution in [0.3, 0.4) is 0 Å². The highest BCUT2D eigenvalue weighted by atomic mass is 16.4. The molecule has 3 rings (SSSR count). The summed E-state index contributed by atoms with van der Waals surface area (Å²) in [5.41, 5.74) is 2.45. The SMILES string of the molecule is C1=CN(c2ccccc2)CN1c1ccccc1.CC(=O)O. The largest absolute Gasteiger partial charge is 0.481 e. The van der Waals surface area contributed by atoms with Gasteiger partial charge in [0.2, 0.25) is 0 Å². The quantitative estimate of drug-likeness (QED) is 0.915. The van der Waals surface area contributed by atoms with Gasteiger partial charge in [0.15, 0.2) is 0 Å². The van der Waals surface area contributed by atoms with Gasteiger partial charge < -0.3 is 14.9 Å². The molecule has 0 spiro atoms. The van der Waals surface area contributed by atoms with Crippen LogP contribution < -0.4 is 9.80 Å². The second kappa shape index (κ2) is 7.14. The summed E-state index contributed by atoms with van der Waals surface area (Å²) < 4.78 is 0. The van der Waals surface area contributed by atoms with E-state index in [-0.39, 0.29) is 0 Å². The van der Waals surface area contributed by atoms with Crippen molar-refractivity contribution in [1.82, 2.24) is 0 Å². The molecule has 1 aliphatic rings. The van der Waals surface area contributed by atoms with Crippen molar-refractivity contribution in [2.45, 2.75) is 6.92 Å². The van der Waals surface area contributed by atoms with E-state index in [4.69, 9.17) is 9.90 Å². The van der Waals surface area contributed by atoms with Gasteiger partial charge in [-0.2, -0.15) is 0 Å². The summed E-state index contributed by atoms with van der Waals surface area (Å²) >= 11 is 0. The number of para-hydroxylation sites is 2. The zero-order valence-electron chi connectivity index (χ0n) is 11.9. The molecule has 0 radical (unpaired) electrons. The molecule has 1 N–H and O–H groups in total. The maximum Gasteiger partial charge on any atom is 0.300 e. The minimum Gasteiger partial charge on any atom is -0.481 e. The van der Waals surface area contributed by atoms with E-state index < -0.39 is 5.97 Å². The second-order valence-electron chi connectivity index (χ2n) is 4.57. The van der Waals surface area contributed by atoms with Crippen molar-refractivity contribution < 1.29 is 9.90 Å². The van der Waals surface area contributed by atoms with Gasteiger partial charge in [-0.25, -0.2) is 0 Å². The Morgan fingerprint density at radius 2 is 1.19 bits per heavy atom. The Hall–Kier alpha value is -2.75. The van der Waals surface area contributed by atoms with E-state index in [0.29, 0.717) is 0 Å². The minimum atomic E-state index is -0.833. The monoisotopic (exact) mass is 282 g/mol. The zero-order chi connectivity index (χ0) is 15.1. The maximum absolute atomic E-state index is 9.00. The summed E-state index contributed by atoms with van der Waals surface area (Å²) in [6.45, 7) is 1.95. The van der Waals surface area contributed by atoms with Crippen LogP contribution in [0, 0.1) is 0 Å². The second-order valence-corrected chi connectivity index (χ2v) is 4.57. The minimum absolute atomic E-state index is 0.833. The Balaban J connectivity index is 0.000000361.